The van der Waals surface area contributed by atoms with Gasteiger partial charge >= 0.3 is 23.9 Å². The summed E-state index contributed by atoms with van der Waals surface area (Å²) in [5, 5.41) is 41.2. The first-order valence-corrected chi connectivity index (χ1v) is 30.3. The fourth-order valence-electron chi connectivity index (χ4n) is 12.4. The van der Waals surface area contributed by atoms with E-state index in [1.165, 1.54) is 34.3 Å². The zero-order chi connectivity index (χ0) is 64.2. The van der Waals surface area contributed by atoms with Crippen LogP contribution in [0.1, 0.15) is 138 Å². The molecule has 24 nitrogen and oxygen atoms in total. The van der Waals surface area contributed by atoms with E-state index in [4.69, 9.17) is 47.4 Å². The molecule has 3 aliphatic rings. The monoisotopic (exact) mass is 1220 g/mol. The molecule has 4 heterocycles. The van der Waals surface area contributed by atoms with Crippen LogP contribution < -0.4 is 16.1 Å². The van der Waals surface area contributed by atoms with Gasteiger partial charge in [0.15, 0.2) is 25.3 Å². The van der Waals surface area contributed by atoms with E-state index in [1.54, 1.807) is 59.1 Å². The highest BCUT2D eigenvalue weighted by atomic mass is 16.7. The number of aromatic nitrogens is 1. The van der Waals surface area contributed by atoms with Crippen molar-refractivity contribution >= 4 is 46.5 Å². The van der Waals surface area contributed by atoms with E-state index in [1.807, 2.05) is 51.9 Å². The number of Topliss-reactive ketones (excluding diaryl/α,β-unsaturated/α-hetero) is 1. The number of methoxy groups -OCH3 is 2. The molecular weight excluding hydrogens is 1120 g/mol. The predicted molar refractivity (Wildman–Crippen MR) is 315 cm³/mol. The minimum Gasteiger partial charge on any atom is -0.465 e. The summed E-state index contributed by atoms with van der Waals surface area (Å²) in [4.78, 5) is 94.8. The lowest BCUT2D eigenvalue weighted by Crippen LogP contribution is -2.61. The standard InChI is InChI=1S/C62H98N4O20/c1-17-45-62(12,76)54(73)36(6)50(70)34(4)29-60(10,77-15)55(86-59-52(72)44(65(13)14)27-35(5)81-59)37(7)53(38(8)57(74)83-45)85-49-30-61(11,78-16)56(39(9)82-49)84-47(68)24-26-63-25-20-21-40-22-23-43-41(28-40)51(71)42(32-66(43)18-2)58(75)80-33-46(67)64-31-48(69)79-19-3/h22-23,28,32,34-39,44-45,49,52-56,59,63,72-73,76H,17-21,24-27,29-31,33H2,1-16H3,(H,64,67)/t34-,35+,36-,37+,38+,39-,44-,45-,49-,52-,53-,54+,55+,56+,59-,60+,61-,62+/m0/s1. The number of aryl methyl sites for hydroxylation is 2. The molecule has 5 rings (SSSR count). The van der Waals surface area contributed by atoms with E-state index in [0.717, 1.165) is 5.56 Å². The second-order valence-electron chi connectivity index (χ2n) is 24.4. The average molecular weight is 1220 g/mol. The van der Waals surface area contributed by atoms with Crippen molar-refractivity contribution in [3.8, 4) is 0 Å². The molecule has 3 aliphatic heterocycles. The van der Waals surface area contributed by atoms with Crippen molar-refractivity contribution in [2.45, 2.75) is 219 Å². The number of amides is 1. The highest BCUT2D eigenvalue weighted by molar-refractivity contribution is 5.95. The van der Waals surface area contributed by atoms with Crippen LogP contribution in [0.3, 0.4) is 0 Å². The van der Waals surface area contributed by atoms with Gasteiger partial charge < -0.3 is 82.8 Å². The second kappa shape index (κ2) is 31.5. The molecule has 486 valence electrons. The van der Waals surface area contributed by atoms with Gasteiger partial charge in [0.05, 0.1) is 60.6 Å². The number of ether oxygens (including phenoxy) is 10. The minimum atomic E-state index is -2.04. The number of fused-ring (bicyclic) bond motifs is 1. The molecule has 0 bridgehead atoms. The number of aliphatic hydroxyl groups excluding tert-OH is 2. The number of hydrogen-bond acceptors (Lipinski definition) is 22. The highest BCUT2D eigenvalue weighted by Gasteiger charge is 2.55. The normalized spacial score (nSPS) is 34.0. The number of ketones is 1. The van der Waals surface area contributed by atoms with Crippen molar-refractivity contribution in [1.82, 2.24) is 20.1 Å². The van der Waals surface area contributed by atoms with Gasteiger partial charge in [0.25, 0.3) is 5.91 Å². The van der Waals surface area contributed by atoms with Crippen LogP contribution in [0.4, 0.5) is 0 Å². The fourth-order valence-corrected chi connectivity index (χ4v) is 12.4. The zero-order valence-corrected chi connectivity index (χ0v) is 53.3. The molecular formula is C62H98N4O20. The van der Waals surface area contributed by atoms with Gasteiger partial charge in [0, 0.05) is 69.1 Å². The Kier molecular flexibility index (Phi) is 26.2. The molecule has 0 unspecified atom stereocenters. The molecule has 1 aromatic heterocycles. The van der Waals surface area contributed by atoms with E-state index in [9.17, 15) is 48.9 Å². The first kappa shape index (κ1) is 71.8. The lowest BCUT2D eigenvalue weighted by Gasteiger charge is -2.50. The van der Waals surface area contributed by atoms with Gasteiger partial charge in [0.2, 0.25) is 5.43 Å². The maximum absolute atomic E-state index is 14.6. The molecule has 1 aromatic carbocycles. The van der Waals surface area contributed by atoms with E-state index in [2.05, 4.69) is 10.6 Å². The minimum absolute atomic E-state index is 0.000448. The summed E-state index contributed by atoms with van der Waals surface area (Å²) in [6, 6.07) is 5.10. The van der Waals surface area contributed by atoms with Crippen molar-refractivity contribution in [3.05, 3.63) is 45.7 Å². The Bertz CT molecular complexity index is 2690. The highest BCUT2D eigenvalue weighted by Crippen LogP contribution is 2.42. The molecule has 3 saturated heterocycles. The number of pyridine rings is 1. The van der Waals surface area contributed by atoms with Crippen molar-refractivity contribution in [2.75, 3.05) is 61.2 Å². The van der Waals surface area contributed by atoms with Crippen LogP contribution in [0.2, 0.25) is 0 Å². The average Bonchev–Trinajstić information content (AvgIpc) is 0.983. The predicted octanol–water partition coefficient (Wildman–Crippen LogP) is 3.77. The number of benzene rings is 1. The van der Waals surface area contributed by atoms with Crippen molar-refractivity contribution in [2.24, 2.45) is 23.7 Å². The molecule has 5 N–H and O–H groups in total. The first-order chi connectivity index (χ1) is 40.4. The number of carbonyl (C=O) groups excluding carboxylic acids is 6. The number of cyclic esters (lactones) is 1. The first-order valence-electron chi connectivity index (χ1n) is 30.3. The Morgan fingerprint density at radius 2 is 1.52 bits per heavy atom. The van der Waals surface area contributed by atoms with Crippen LogP contribution in [0.5, 0.6) is 0 Å². The van der Waals surface area contributed by atoms with Gasteiger partial charge in [-0.25, -0.2) is 4.79 Å². The van der Waals surface area contributed by atoms with Crippen LogP contribution in [-0.2, 0) is 84.3 Å². The lowest BCUT2D eigenvalue weighted by molar-refractivity contribution is -0.320. The van der Waals surface area contributed by atoms with E-state index < -0.39 is 144 Å². The summed E-state index contributed by atoms with van der Waals surface area (Å²) in [5.41, 5.74) is -3.92. The van der Waals surface area contributed by atoms with Crippen molar-refractivity contribution < 1.29 is 91.5 Å². The number of hydrogen-bond donors (Lipinski definition) is 5. The number of likely N-dealkylation sites (N-methyl/N-ethyl adjacent to an activating group) is 1. The Morgan fingerprint density at radius 1 is 0.849 bits per heavy atom. The van der Waals surface area contributed by atoms with Gasteiger partial charge in [-0.3, -0.25) is 28.8 Å². The van der Waals surface area contributed by atoms with E-state index in [0.29, 0.717) is 43.3 Å². The third-order valence-electron chi connectivity index (χ3n) is 17.6. The second-order valence-corrected chi connectivity index (χ2v) is 24.4. The maximum atomic E-state index is 14.6. The van der Waals surface area contributed by atoms with Crippen LogP contribution in [0, 0.1) is 23.7 Å². The topological polar surface area (TPSA) is 305 Å². The number of nitrogens with zero attached hydrogens (tertiary/aromatic N) is 2. The van der Waals surface area contributed by atoms with Crippen LogP contribution in [0.25, 0.3) is 10.9 Å². The molecule has 18 atom stereocenters. The number of carbonyl (C=O) groups is 6. The third-order valence-corrected chi connectivity index (χ3v) is 17.6. The molecule has 0 saturated carbocycles. The van der Waals surface area contributed by atoms with E-state index in [-0.39, 0.29) is 62.3 Å². The summed E-state index contributed by atoms with van der Waals surface area (Å²) in [5.74, 6) is -7.79. The maximum Gasteiger partial charge on any atom is 0.344 e. The Labute approximate surface area is 505 Å². The summed E-state index contributed by atoms with van der Waals surface area (Å²) in [6.07, 6.45) is -7.25. The Hall–Kier alpha value is -4.99. The third kappa shape index (κ3) is 17.4. The Balaban J connectivity index is 1.29. The summed E-state index contributed by atoms with van der Waals surface area (Å²) < 4.78 is 63.0. The smallest absolute Gasteiger partial charge is 0.344 e. The molecule has 3 fully saturated rings. The molecule has 0 aliphatic carbocycles. The quantitative estimate of drug-likeness (QED) is 0.0601. The lowest BCUT2D eigenvalue weighted by atomic mass is 9.74. The summed E-state index contributed by atoms with van der Waals surface area (Å²) >= 11 is 0. The molecule has 0 radical (unpaired) electrons. The van der Waals surface area contributed by atoms with Crippen LogP contribution >= 0.6 is 0 Å². The summed E-state index contributed by atoms with van der Waals surface area (Å²) in [7, 11) is 6.69. The van der Waals surface area contributed by atoms with Crippen molar-refractivity contribution in [3.63, 3.8) is 0 Å². The number of aliphatic hydroxyl groups is 3. The SMILES string of the molecule is CCOC(=O)CNC(=O)COC(=O)c1cn(CC)c2ccc(CCCNCCC(=O)O[C@@H]3[C@H](C)O[C@@H](O[C@H]4[C@@H](C)[C@@H](O[C@@H]5O[C@H](C)C[C@H](N(C)C)[C@@H]5O)[C@](C)(OC)C[C@H](C)C(=O)[C@H](C)[C@@H](O)[C@](C)(O)[C@H](CC)OC(=O)[C@@H]4C)C[C@]3(C)OC)cc2c1=O. The molecule has 0 spiro atoms. The van der Waals surface area contributed by atoms with Crippen molar-refractivity contribution in [1.29, 1.82) is 0 Å². The van der Waals surface area contributed by atoms with Gasteiger partial charge in [-0.05, 0) is 126 Å². The Morgan fingerprint density at radius 3 is 2.15 bits per heavy atom. The van der Waals surface area contributed by atoms with Gasteiger partial charge in [-0.2, -0.15) is 0 Å². The van der Waals surface area contributed by atoms with Crippen LogP contribution in [-0.4, -0.2) is 206 Å². The summed E-state index contributed by atoms with van der Waals surface area (Å²) in [6.45, 7) is 20.7. The zero-order valence-electron chi connectivity index (χ0n) is 53.3. The van der Waals surface area contributed by atoms with E-state index >= 15 is 0 Å². The molecule has 24 heteroatoms. The number of esters is 4. The molecule has 2 aromatic rings. The van der Waals surface area contributed by atoms with Gasteiger partial charge in [-0.1, -0.05) is 33.8 Å². The van der Waals surface area contributed by atoms with Crippen LogP contribution in [0.15, 0.2) is 29.2 Å². The van der Waals surface area contributed by atoms with Gasteiger partial charge in [0.1, 0.15) is 41.3 Å². The van der Waals surface area contributed by atoms with Gasteiger partial charge in [-0.15, -0.1) is 0 Å². The largest absolute Gasteiger partial charge is 0.465 e. The molecule has 1 amide bonds. The molecule has 86 heavy (non-hydrogen) atoms. The number of rotatable bonds is 23. The number of nitrogens with one attached hydrogen (secondary N) is 2. The fraction of sp³-hybridized carbons (Fsp3) is 0.758.